The first-order valence-electron chi connectivity index (χ1n) is 11.5. The fourth-order valence-electron chi connectivity index (χ4n) is 4.13. The number of nitrogens with one attached hydrogen (secondary N) is 1. The lowest BCUT2D eigenvalue weighted by molar-refractivity contribution is -0.134. The molecule has 1 aromatic carbocycles. The van der Waals surface area contributed by atoms with Crippen LogP contribution in [0.2, 0.25) is 0 Å². The highest BCUT2D eigenvalue weighted by Crippen LogP contribution is 2.31. The lowest BCUT2D eigenvalue weighted by Crippen LogP contribution is -2.40. The van der Waals surface area contributed by atoms with Crippen LogP contribution in [0.4, 0.5) is 5.69 Å². The molecular weight excluding hydrogens is 450 g/mol. The molecule has 0 aliphatic carbocycles. The second-order valence-electron chi connectivity index (χ2n) is 8.88. The molecular formula is C25H31N5O3S. The summed E-state index contributed by atoms with van der Waals surface area (Å²) in [6, 6.07) is 5.86. The monoisotopic (exact) mass is 481 g/mol. The Morgan fingerprint density at radius 3 is 2.53 bits per heavy atom. The Hall–Kier alpha value is -3.20. The quantitative estimate of drug-likeness (QED) is 0.571. The Bertz CT molecular complexity index is 1210. The maximum atomic E-state index is 12.7. The largest absolute Gasteiger partial charge is 0.484 e. The normalized spacial score (nSPS) is 14.3. The van der Waals surface area contributed by atoms with E-state index in [4.69, 9.17) is 4.74 Å². The van der Waals surface area contributed by atoms with E-state index in [1.165, 1.54) is 16.9 Å². The Kier molecular flexibility index (Phi) is 7.02. The summed E-state index contributed by atoms with van der Waals surface area (Å²) in [6.45, 7) is 9.24. The predicted molar refractivity (Wildman–Crippen MR) is 133 cm³/mol. The molecule has 0 unspecified atom stereocenters. The minimum Gasteiger partial charge on any atom is -0.484 e. The third-order valence-corrected chi connectivity index (χ3v) is 7.55. The summed E-state index contributed by atoms with van der Waals surface area (Å²) in [4.78, 5) is 31.8. The number of rotatable bonds is 6. The number of amides is 2. The SMILES string of the molecule is Cc1ccc(OCC(=O)N2CCC(c3nc(C(=O)Nc4c(C)nn(C)c4C)cs3)CC2)cc1C. The first-order chi connectivity index (χ1) is 16.2. The summed E-state index contributed by atoms with van der Waals surface area (Å²) in [5.41, 5.74) is 5.18. The minimum absolute atomic E-state index is 0.00176. The van der Waals surface area contributed by atoms with Crippen LogP contribution in [0.5, 0.6) is 5.75 Å². The molecule has 1 saturated heterocycles. The Morgan fingerprint density at radius 1 is 1.15 bits per heavy atom. The van der Waals surface area contributed by atoms with Crippen molar-refractivity contribution in [1.82, 2.24) is 19.7 Å². The van der Waals surface area contributed by atoms with Gasteiger partial charge in [0.2, 0.25) is 0 Å². The summed E-state index contributed by atoms with van der Waals surface area (Å²) >= 11 is 1.51. The summed E-state index contributed by atoms with van der Waals surface area (Å²) in [7, 11) is 1.85. The van der Waals surface area contributed by atoms with Crippen LogP contribution in [-0.2, 0) is 11.8 Å². The molecule has 1 N–H and O–H groups in total. The van der Waals surface area contributed by atoms with Gasteiger partial charge in [0.05, 0.1) is 22.1 Å². The van der Waals surface area contributed by atoms with E-state index in [0.717, 1.165) is 46.2 Å². The third-order valence-electron chi connectivity index (χ3n) is 6.54. The molecule has 3 aromatic rings. The number of thiazole rings is 1. The van der Waals surface area contributed by atoms with Crippen LogP contribution < -0.4 is 10.1 Å². The molecule has 34 heavy (non-hydrogen) atoms. The van der Waals surface area contributed by atoms with E-state index in [1.807, 2.05) is 50.9 Å². The Balaban J connectivity index is 1.29. The average Bonchev–Trinajstić information content (AvgIpc) is 3.41. The van der Waals surface area contributed by atoms with Gasteiger partial charge >= 0.3 is 0 Å². The van der Waals surface area contributed by atoms with Crippen LogP contribution >= 0.6 is 11.3 Å². The van der Waals surface area contributed by atoms with Gasteiger partial charge in [-0.2, -0.15) is 5.10 Å². The summed E-state index contributed by atoms with van der Waals surface area (Å²) in [6.07, 6.45) is 1.65. The number of aromatic nitrogens is 3. The van der Waals surface area contributed by atoms with Gasteiger partial charge in [0.25, 0.3) is 11.8 Å². The van der Waals surface area contributed by atoms with Crippen LogP contribution in [0.1, 0.15) is 56.8 Å². The number of likely N-dealkylation sites (tertiary alicyclic amines) is 1. The van der Waals surface area contributed by atoms with Crippen LogP contribution in [0.15, 0.2) is 23.6 Å². The van der Waals surface area contributed by atoms with Gasteiger partial charge in [0, 0.05) is 31.4 Å². The topological polar surface area (TPSA) is 89.3 Å². The lowest BCUT2D eigenvalue weighted by atomic mass is 9.97. The van der Waals surface area contributed by atoms with Crippen molar-refractivity contribution in [2.24, 2.45) is 7.05 Å². The van der Waals surface area contributed by atoms with E-state index < -0.39 is 0 Å². The molecule has 9 heteroatoms. The molecule has 0 atom stereocenters. The van der Waals surface area contributed by atoms with Gasteiger partial charge in [-0.05, 0) is 63.8 Å². The number of carbonyl (C=O) groups excluding carboxylic acids is 2. The predicted octanol–water partition coefficient (Wildman–Crippen LogP) is 4.15. The standard InChI is InChI=1S/C25H31N5O3S/c1-15-6-7-20(12-16(15)2)33-13-22(31)30-10-8-19(9-11-30)25-26-21(14-34-25)24(32)27-23-17(3)28-29(5)18(23)4/h6-7,12,14,19H,8-11,13H2,1-5H3,(H,27,32). The molecule has 3 heterocycles. The number of benzene rings is 1. The molecule has 0 radical (unpaired) electrons. The number of hydrogen-bond acceptors (Lipinski definition) is 6. The average molecular weight is 482 g/mol. The molecule has 180 valence electrons. The lowest BCUT2D eigenvalue weighted by Gasteiger charge is -2.31. The molecule has 0 bridgehead atoms. The van der Waals surface area contributed by atoms with Crippen molar-refractivity contribution in [1.29, 1.82) is 0 Å². The fourth-order valence-corrected chi connectivity index (χ4v) is 5.10. The summed E-state index contributed by atoms with van der Waals surface area (Å²) < 4.78 is 7.46. The van der Waals surface area contributed by atoms with Crippen molar-refractivity contribution < 1.29 is 14.3 Å². The molecule has 2 amide bonds. The zero-order chi connectivity index (χ0) is 24.4. The second kappa shape index (κ2) is 9.97. The van der Waals surface area contributed by atoms with Crippen molar-refractivity contribution in [2.45, 2.75) is 46.5 Å². The van der Waals surface area contributed by atoms with Gasteiger partial charge in [-0.3, -0.25) is 14.3 Å². The number of aryl methyl sites for hydroxylation is 4. The zero-order valence-electron chi connectivity index (χ0n) is 20.3. The van der Waals surface area contributed by atoms with E-state index in [1.54, 1.807) is 10.1 Å². The van der Waals surface area contributed by atoms with Gasteiger partial charge in [-0.25, -0.2) is 4.98 Å². The van der Waals surface area contributed by atoms with Crippen LogP contribution in [0, 0.1) is 27.7 Å². The van der Waals surface area contributed by atoms with E-state index in [-0.39, 0.29) is 24.3 Å². The fraction of sp³-hybridized carbons (Fsp3) is 0.440. The van der Waals surface area contributed by atoms with Gasteiger partial charge in [0.15, 0.2) is 6.61 Å². The highest BCUT2D eigenvalue weighted by atomic mass is 32.1. The maximum absolute atomic E-state index is 12.7. The van der Waals surface area contributed by atoms with Crippen molar-refractivity contribution in [2.75, 3.05) is 25.0 Å². The number of nitrogens with zero attached hydrogens (tertiary/aromatic N) is 4. The van der Waals surface area contributed by atoms with Crippen molar-refractivity contribution in [3.63, 3.8) is 0 Å². The smallest absolute Gasteiger partial charge is 0.275 e. The number of piperidine rings is 1. The van der Waals surface area contributed by atoms with Gasteiger partial charge in [0.1, 0.15) is 11.4 Å². The van der Waals surface area contributed by atoms with Gasteiger partial charge in [-0.15, -0.1) is 11.3 Å². The molecule has 4 rings (SSSR count). The molecule has 1 fully saturated rings. The molecule has 2 aromatic heterocycles. The highest BCUT2D eigenvalue weighted by Gasteiger charge is 2.27. The molecule has 8 nitrogen and oxygen atoms in total. The van der Waals surface area contributed by atoms with E-state index in [0.29, 0.717) is 18.8 Å². The van der Waals surface area contributed by atoms with Crippen molar-refractivity contribution >= 4 is 28.8 Å². The zero-order valence-corrected chi connectivity index (χ0v) is 21.2. The van der Waals surface area contributed by atoms with Gasteiger partial charge < -0.3 is 15.0 Å². The molecule has 0 saturated carbocycles. The van der Waals surface area contributed by atoms with Crippen molar-refractivity contribution in [3.05, 3.63) is 56.8 Å². The first-order valence-corrected chi connectivity index (χ1v) is 12.4. The molecule has 1 aliphatic heterocycles. The number of ether oxygens (including phenoxy) is 1. The highest BCUT2D eigenvalue weighted by molar-refractivity contribution is 7.10. The van der Waals surface area contributed by atoms with E-state index in [2.05, 4.69) is 22.3 Å². The van der Waals surface area contributed by atoms with Gasteiger partial charge in [-0.1, -0.05) is 6.07 Å². The Labute approximate surface area is 203 Å². The van der Waals surface area contributed by atoms with E-state index >= 15 is 0 Å². The minimum atomic E-state index is -0.224. The van der Waals surface area contributed by atoms with E-state index in [9.17, 15) is 9.59 Å². The number of anilines is 1. The molecule has 0 spiro atoms. The maximum Gasteiger partial charge on any atom is 0.275 e. The Morgan fingerprint density at radius 2 is 1.88 bits per heavy atom. The van der Waals surface area contributed by atoms with Crippen molar-refractivity contribution in [3.8, 4) is 5.75 Å². The summed E-state index contributed by atoms with van der Waals surface area (Å²) in [5.74, 6) is 0.741. The van der Waals surface area contributed by atoms with Crippen LogP contribution in [-0.4, -0.2) is 51.2 Å². The number of carbonyl (C=O) groups is 2. The third kappa shape index (κ3) is 5.14. The van der Waals surface area contributed by atoms with Crippen LogP contribution in [0.25, 0.3) is 0 Å². The molecule has 1 aliphatic rings. The number of hydrogen-bond donors (Lipinski definition) is 1. The van der Waals surface area contributed by atoms with Crippen LogP contribution in [0.3, 0.4) is 0 Å². The summed E-state index contributed by atoms with van der Waals surface area (Å²) in [5, 5.41) is 10.0. The first kappa shape index (κ1) is 23.9. The second-order valence-corrected chi connectivity index (χ2v) is 9.77.